The number of amides is 1. The molecule has 0 aliphatic heterocycles. The van der Waals surface area contributed by atoms with Gasteiger partial charge in [0.05, 0.1) is 0 Å². The second-order valence-corrected chi connectivity index (χ2v) is 2.91. The lowest BCUT2D eigenvalue weighted by atomic mass is 9.92. The summed E-state index contributed by atoms with van der Waals surface area (Å²) in [6.07, 6.45) is 5.05. The fourth-order valence-electron chi connectivity index (χ4n) is 1.48. The maximum absolute atomic E-state index is 10.0. The van der Waals surface area contributed by atoms with Crippen LogP contribution in [0.1, 0.15) is 25.7 Å². The molecule has 3 heteroatoms. The van der Waals surface area contributed by atoms with Crippen molar-refractivity contribution in [3.8, 4) is 0 Å². The molecule has 2 atom stereocenters. The summed E-state index contributed by atoms with van der Waals surface area (Å²) in [5, 5.41) is 2.75. The van der Waals surface area contributed by atoms with Crippen LogP contribution in [0.15, 0.2) is 0 Å². The second kappa shape index (κ2) is 3.56. The average molecular weight is 142 g/mol. The number of nitrogens with two attached hydrogens (primary N) is 1. The summed E-state index contributed by atoms with van der Waals surface area (Å²) in [6.45, 7) is 0. The third-order valence-electron chi connectivity index (χ3n) is 2.02. The van der Waals surface area contributed by atoms with Crippen molar-refractivity contribution < 1.29 is 4.79 Å². The quantitative estimate of drug-likeness (QED) is 0.533. The highest BCUT2D eigenvalue weighted by atomic mass is 16.1. The number of hydrogen-bond acceptors (Lipinski definition) is 2. The predicted molar refractivity (Wildman–Crippen MR) is 39.4 cm³/mol. The van der Waals surface area contributed by atoms with Gasteiger partial charge in [-0.3, -0.25) is 4.79 Å². The Morgan fingerprint density at radius 1 is 1.50 bits per heavy atom. The van der Waals surface area contributed by atoms with Crippen LogP contribution < -0.4 is 11.1 Å². The Bertz CT molecular complexity index is 116. The number of carbonyl (C=O) groups excluding carboxylic acids is 1. The Morgan fingerprint density at radius 2 is 2.30 bits per heavy atom. The normalized spacial score (nSPS) is 33.3. The molecule has 1 unspecified atom stereocenters. The van der Waals surface area contributed by atoms with Crippen molar-refractivity contribution in [2.45, 2.75) is 37.8 Å². The Hall–Kier alpha value is -0.570. The fraction of sp³-hybridized carbons (Fsp3) is 0.857. The third kappa shape index (κ3) is 1.99. The Labute approximate surface area is 61.0 Å². The monoisotopic (exact) mass is 142 g/mol. The molecule has 1 aliphatic carbocycles. The van der Waals surface area contributed by atoms with Gasteiger partial charge in [-0.1, -0.05) is 0 Å². The highest BCUT2D eigenvalue weighted by Crippen LogP contribution is 2.15. The summed E-state index contributed by atoms with van der Waals surface area (Å²) in [7, 11) is 0. The van der Waals surface area contributed by atoms with Crippen LogP contribution in [0.3, 0.4) is 0 Å². The first-order chi connectivity index (χ1) is 4.83. The Balaban J connectivity index is 2.24. The first kappa shape index (κ1) is 7.54. The molecule has 0 aromatic rings. The van der Waals surface area contributed by atoms with Crippen LogP contribution in [-0.4, -0.2) is 18.5 Å². The van der Waals surface area contributed by atoms with Crippen molar-refractivity contribution in [3.05, 3.63) is 0 Å². The highest BCUT2D eigenvalue weighted by molar-refractivity contribution is 5.46. The molecule has 0 saturated heterocycles. The lowest BCUT2D eigenvalue weighted by Gasteiger charge is -2.25. The maximum atomic E-state index is 10.0. The molecule has 1 saturated carbocycles. The molecule has 0 aromatic heterocycles. The SMILES string of the molecule is N[C@H]1CCCC(NC=O)C1. The predicted octanol–water partition coefficient (Wildman–Crippen LogP) is 0.00230. The van der Waals surface area contributed by atoms with E-state index < -0.39 is 0 Å². The molecule has 10 heavy (non-hydrogen) atoms. The van der Waals surface area contributed by atoms with Gasteiger partial charge < -0.3 is 11.1 Å². The van der Waals surface area contributed by atoms with E-state index in [0.717, 1.165) is 32.1 Å². The van der Waals surface area contributed by atoms with Crippen LogP contribution >= 0.6 is 0 Å². The lowest BCUT2D eigenvalue weighted by Crippen LogP contribution is -2.38. The molecular weight excluding hydrogens is 128 g/mol. The van der Waals surface area contributed by atoms with Gasteiger partial charge in [0.15, 0.2) is 0 Å². The van der Waals surface area contributed by atoms with E-state index in [2.05, 4.69) is 5.32 Å². The lowest BCUT2D eigenvalue weighted by molar-refractivity contribution is -0.110. The van der Waals surface area contributed by atoms with Crippen LogP contribution in [0.4, 0.5) is 0 Å². The number of rotatable bonds is 2. The van der Waals surface area contributed by atoms with E-state index in [-0.39, 0.29) is 0 Å². The van der Waals surface area contributed by atoms with Crippen molar-refractivity contribution in [1.29, 1.82) is 0 Å². The van der Waals surface area contributed by atoms with Gasteiger partial charge in [-0.15, -0.1) is 0 Å². The van der Waals surface area contributed by atoms with E-state index in [1.165, 1.54) is 0 Å². The van der Waals surface area contributed by atoms with Crippen molar-refractivity contribution in [2.24, 2.45) is 5.73 Å². The zero-order valence-corrected chi connectivity index (χ0v) is 6.05. The van der Waals surface area contributed by atoms with E-state index in [1.807, 2.05) is 0 Å². The molecule has 0 heterocycles. The molecule has 0 aromatic carbocycles. The van der Waals surface area contributed by atoms with E-state index in [1.54, 1.807) is 0 Å². The molecule has 1 amide bonds. The fourth-order valence-corrected chi connectivity index (χ4v) is 1.48. The van der Waals surface area contributed by atoms with E-state index in [0.29, 0.717) is 12.1 Å². The summed E-state index contributed by atoms with van der Waals surface area (Å²) in [5.74, 6) is 0. The highest BCUT2D eigenvalue weighted by Gasteiger charge is 2.17. The molecule has 0 radical (unpaired) electrons. The summed E-state index contributed by atoms with van der Waals surface area (Å²) < 4.78 is 0. The van der Waals surface area contributed by atoms with Gasteiger partial charge in [-0.05, 0) is 25.7 Å². The standard InChI is InChI=1S/C7H14N2O/c8-6-2-1-3-7(4-6)9-5-10/h5-7H,1-4,8H2,(H,9,10)/t6-,7?/m0/s1. The molecule has 3 nitrogen and oxygen atoms in total. The van der Waals surface area contributed by atoms with Crippen molar-refractivity contribution in [3.63, 3.8) is 0 Å². The average Bonchev–Trinajstić information content (AvgIpc) is 1.88. The summed E-state index contributed by atoms with van der Waals surface area (Å²) in [6, 6.07) is 0.632. The molecule has 58 valence electrons. The van der Waals surface area contributed by atoms with Gasteiger partial charge in [0, 0.05) is 12.1 Å². The van der Waals surface area contributed by atoms with Crippen molar-refractivity contribution in [2.75, 3.05) is 0 Å². The van der Waals surface area contributed by atoms with Crippen LogP contribution in [0.5, 0.6) is 0 Å². The summed E-state index contributed by atoms with van der Waals surface area (Å²) in [5.41, 5.74) is 5.70. The van der Waals surface area contributed by atoms with Gasteiger partial charge >= 0.3 is 0 Å². The third-order valence-corrected chi connectivity index (χ3v) is 2.02. The topological polar surface area (TPSA) is 55.1 Å². The van der Waals surface area contributed by atoms with Gasteiger partial charge in [0.25, 0.3) is 0 Å². The first-order valence-electron chi connectivity index (χ1n) is 3.78. The first-order valence-corrected chi connectivity index (χ1v) is 3.78. The van der Waals surface area contributed by atoms with E-state index >= 15 is 0 Å². The smallest absolute Gasteiger partial charge is 0.207 e. The van der Waals surface area contributed by atoms with Crippen LogP contribution in [0.2, 0.25) is 0 Å². The molecule has 1 fully saturated rings. The van der Waals surface area contributed by atoms with E-state index in [9.17, 15) is 4.79 Å². The van der Waals surface area contributed by atoms with Crippen molar-refractivity contribution in [1.82, 2.24) is 5.32 Å². The van der Waals surface area contributed by atoms with Crippen LogP contribution in [-0.2, 0) is 4.79 Å². The van der Waals surface area contributed by atoms with Crippen molar-refractivity contribution >= 4 is 6.41 Å². The number of hydrogen-bond donors (Lipinski definition) is 2. The minimum Gasteiger partial charge on any atom is -0.356 e. The zero-order chi connectivity index (χ0) is 7.40. The van der Waals surface area contributed by atoms with Crippen LogP contribution in [0.25, 0.3) is 0 Å². The summed E-state index contributed by atoms with van der Waals surface area (Å²) in [4.78, 5) is 10.0. The molecule has 1 rings (SSSR count). The van der Waals surface area contributed by atoms with Gasteiger partial charge in [0.1, 0.15) is 0 Å². The van der Waals surface area contributed by atoms with Gasteiger partial charge in [-0.25, -0.2) is 0 Å². The van der Waals surface area contributed by atoms with Gasteiger partial charge in [0.2, 0.25) is 6.41 Å². The van der Waals surface area contributed by atoms with Crippen LogP contribution in [0, 0.1) is 0 Å². The molecule has 1 aliphatic rings. The largest absolute Gasteiger partial charge is 0.356 e. The molecule has 0 bridgehead atoms. The number of nitrogens with one attached hydrogen (secondary N) is 1. The Kier molecular flexibility index (Phi) is 2.68. The zero-order valence-electron chi connectivity index (χ0n) is 6.05. The van der Waals surface area contributed by atoms with Gasteiger partial charge in [-0.2, -0.15) is 0 Å². The molecule has 0 spiro atoms. The maximum Gasteiger partial charge on any atom is 0.207 e. The second-order valence-electron chi connectivity index (χ2n) is 2.91. The Morgan fingerprint density at radius 3 is 2.90 bits per heavy atom. The summed E-state index contributed by atoms with van der Waals surface area (Å²) >= 11 is 0. The minimum atomic E-state index is 0.297. The molecule has 3 N–H and O–H groups in total. The molecular formula is C7H14N2O. The number of carbonyl (C=O) groups is 1. The van der Waals surface area contributed by atoms with E-state index in [4.69, 9.17) is 5.73 Å². The minimum absolute atomic E-state index is 0.297.